The van der Waals surface area contributed by atoms with Gasteiger partial charge in [0, 0.05) is 23.9 Å². The van der Waals surface area contributed by atoms with Crippen molar-refractivity contribution in [3.8, 4) is 0 Å². The van der Waals surface area contributed by atoms with Crippen molar-refractivity contribution in [1.29, 1.82) is 0 Å². The number of thiophene rings is 1. The molecule has 2 amide bonds. The smallest absolute Gasteiger partial charge is 0.410 e. The van der Waals surface area contributed by atoms with Crippen LogP contribution in [0, 0.1) is 11.8 Å². The fraction of sp³-hybridized carbons (Fsp3) is 0.731. The molecule has 206 valence electrons. The molecule has 1 N–H and O–H groups in total. The van der Waals surface area contributed by atoms with Crippen LogP contribution in [0.1, 0.15) is 80.8 Å². The Morgan fingerprint density at radius 3 is 2.35 bits per heavy atom. The van der Waals surface area contributed by atoms with Crippen molar-refractivity contribution in [3.63, 3.8) is 0 Å². The zero-order valence-electron chi connectivity index (χ0n) is 22.1. The van der Waals surface area contributed by atoms with Crippen LogP contribution in [0.25, 0.3) is 0 Å². The first-order valence-electron chi connectivity index (χ1n) is 13.1. The Bertz CT molecular complexity index is 1150. The topological polar surface area (TPSA) is 121 Å². The molecule has 0 spiro atoms. The molecule has 2 atom stereocenters. The molecule has 2 aliphatic heterocycles. The van der Waals surface area contributed by atoms with E-state index in [9.17, 15) is 27.9 Å². The summed E-state index contributed by atoms with van der Waals surface area (Å²) in [5, 5.41) is 10.0. The Balaban J connectivity index is 1.60. The number of carbonyl (C=O) groups excluding carboxylic acids is 2. The second kappa shape index (κ2) is 10.6. The van der Waals surface area contributed by atoms with Crippen molar-refractivity contribution in [3.05, 3.63) is 15.8 Å². The summed E-state index contributed by atoms with van der Waals surface area (Å²) in [6.45, 7) is 8.80. The van der Waals surface area contributed by atoms with Crippen LogP contribution in [-0.4, -0.2) is 73.1 Å². The summed E-state index contributed by atoms with van der Waals surface area (Å²) < 4.78 is 29.0. The Hall–Kier alpha value is -2.14. The van der Waals surface area contributed by atoms with Crippen LogP contribution in [0.2, 0.25) is 0 Å². The van der Waals surface area contributed by atoms with Gasteiger partial charge < -0.3 is 19.6 Å². The van der Waals surface area contributed by atoms with Gasteiger partial charge in [-0.2, -0.15) is 0 Å². The molecule has 9 nitrogen and oxygen atoms in total. The molecule has 3 aliphatic rings. The highest BCUT2D eigenvalue weighted by Crippen LogP contribution is 2.41. The highest BCUT2D eigenvalue weighted by atomic mass is 32.2. The number of anilines is 1. The van der Waals surface area contributed by atoms with E-state index in [-0.39, 0.29) is 46.2 Å². The van der Waals surface area contributed by atoms with E-state index in [1.807, 2.05) is 26.8 Å². The fourth-order valence-electron chi connectivity index (χ4n) is 5.47. The zero-order chi connectivity index (χ0) is 27.1. The quantitative estimate of drug-likeness (QED) is 0.576. The summed E-state index contributed by atoms with van der Waals surface area (Å²) in [6.07, 6.45) is 3.01. The predicted molar refractivity (Wildman–Crippen MR) is 142 cm³/mol. The molecule has 1 aromatic rings. The summed E-state index contributed by atoms with van der Waals surface area (Å²) in [5.41, 5.74) is 0.128. The molecule has 11 heteroatoms. The molecule has 0 radical (unpaired) electrons. The maximum Gasteiger partial charge on any atom is 0.410 e. The van der Waals surface area contributed by atoms with Gasteiger partial charge in [-0.1, -0.05) is 27.7 Å². The average Bonchev–Trinajstić information content (AvgIpc) is 3.53. The molecule has 4 rings (SSSR count). The first kappa shape index (κ1) is 27.9. The van der Waals surface area contributed by atoms with Crippen molar-refractivity contribution in [2.75, 3.05) is 29.5 Å². The number of nitrogens with zero attached hydrogens (tertiary/aromatic N) is 2. The van der Waals surface area contributed by atoms with Gasteiger partial charge in [0.25, 0.3) is 0 Å². The van der Waals surface area contributed by atoms with Gasteiger partial charge in [0.1, 0.15) is 11.0 Å². The first-order chi connectivity index (χ1) is 17.2. The van der Waals surface area contributed by atoms with Crippen LogP contribution < -0.4 is 4.90 Å². The van der Waals surface area contributed by atoms with Crippen LogP contribution in [0.4, 0.5) is 10.5 Å². The maximum atomic E-state index is 14.0. The van der Waals surface area contributed by atoms with Crippen LogP contribution in [-0.2, 0) is 24.8 Å². The summed E-state index contributed by atoms with van der Waals surface area (Å²) in [7, 11) is -3.18. The highest BCUT2D eigenvalue weighted by Gasteiger charge is 2.41. The number of ether oxygens (including phenoxy) is 1. The first-order valence-corrected chi connectivity index (χ1v) is 15.8. The van der Waals surface area contributed by atoms with Gasteiger partial charge in [0.15, 0.2) is 9.84 Å². The molecule has 1 aliphatic carbocycles. The van der Waals surface area contributed by atoms with Crippen molar-refractivity contribution < 1.29 is 32.6 Å². The number of carbonyl (C=O) groups is 3. The van der Waals surface area contributed by atoms with Gasteiger partial charge in [0.2, 0.25) is 5.91 Å². The molecule has 2 saturated heterocycles. The van der Waals surface area contributed by atoms with Gasteiger partial charge in [-0.3, -0.25) is 4.79 Å². The largest absolute Gasteiger partial charge is 0.477 e. The van der Waals surface area contributed by atoms with E-state index in [2.05, 4.69) is 6.92 Å². The third kappa shape index (κ3) is 6.30. The summed E-state index contributed by atoms with van der Waals surface area (Å²) in [4.78, 5) is 43.3. The Morgan fingerprint density at radius 2 is 1.78 bits per heavy atom. The highest BCUT2D eigenvalue weighted by molar-refractivity contribution is 7.91. The number of carboxylic acid groups (broad SMARTS) is 1. The standard InChI is InChI=1S/C26H38N2O7S2/c1-16-5-7-17(8-6-16)23(29)28(20-13-21(26(2,3)4)36-22(20)24(30)31)18-9-11-27(14-18)25(32)35-19-10-12-37(33,34)15-19/h13,16-19H,5-12,14-15H2,1-4H3,(H,30,31)/t16-,17-,18-,19?/m0/s1. The van der Waals surface area contributed by atoms with E-state index >= 15 is 0 Å². The molecule has 1 unspecified atom stereocenters. The molecule has 3 fully saturated rings. The molecular formula is C26H38N2O7S2. The van der Waals surface area contributed by atoms with Crippen molar-refractivity contribution in [2.24, 2.45) is 11.8 Å². The summed E-state index contributed by atoms with van der Waals surface area (Å²) >= 11 is 1.20. The third-order valence-electron chi connectivity index (χ3n) is 7.75. The molecule has 3 heterocycles. The van der Waals surface area contributed by atoms with Gasteiger partial charge in [-0.25, -0.2) is 18.0 Å². The SMILES string of the molecule is CC(C)(C)c1cc(N(C(=O)[C@H]2CC[C@H](C)CC2)[C@H]2CCN(C(=O)OC3CCS(=O)(=O)C3)C2)c(C(=O)O)s1. The molecule has 0 bridgehead atoms. The lowest BCUT2D eigenvalue weighted by Crippen LogP contribution is -2.47. The number of carboxylic acids is 1. The molecule has 37 heavy (non-hydrogen) atoms. The van der Waals surface area contributed by atoms with E-state index in [0.717, 1.165) is 30.6 Å². The van der Waals surface area contributed by atoms with Crippen molar-refractivity contribution in [1.82, 2.24) is 4.90 Å². The van der Waals surface area contributed by atoms with Gasteiger partial charge in [-0.05, 0) is 55.9 Å². The number of aromatic carboxylic acids is 1. The van der Waals surface area contributed by atoms with Crippen LogP contribution in [0.15, 0.2) is 6.07 Å². The molecule has 0 aromatic carbocycles. The van der Waals surface area contributed by atoms with Crippen molar-refractivity contribution >= 4 is 44.8 Å². The maximum absolute atomic E-state index is 14.0. The van der Waals surface area contributed by atoms with E-state index in [0.29, 0.717) is 31.0 Å². The van der Waals surface area contributed by atoms with E-state index in [1.165, 1.54) is 16.2 Å². The molecule has 1 aromatic heterocycles. The number of likely N-dealkylation sites (tertiary alicyclic amines) is 1. The summed E-state index contributed by atoms with van der Waals surface area (Å²) in [6, 6.07) is 1.45. The molecule has 1 saturated carbocycles. The zero-order valence-corrected chi connectivity index (χ0v) is 23.7. The Labute approximate surface area is 223 Å². The van der Waals surface area contributed by atoms with E-state index < -0.39 is 28.0 Å². The predicted octanol–water partition coefficient (Wildman–Crippen LogP) is 4.30. The minimum Gasteiger partial charge on any atom is -0.477 e. The minimum absolute atomic E-state index is 0.0160. The van der Waals surface area contributed by atoms with Gasteiger partial charge >= 0.3 is 12.1 Å². The monoisotopic (exact) mass is 554 g/mol. The van der Waals surface area contributed by atoms with Crippen LogP contribution in [0.5, 0.6) is 0 Å². The van der Waals surface area contributed by atoms with Crippen molar-refractivity contribution in [2.45, 2.75) is 83.8 Å². The van der Waals surface area contributed by atoms with Crippen LogP contribution >= 0.6 is 11.3 Å². The lowest BCUT2D eigenvalue weighted by molar-refractivity contribution is -0.124. The van der Waals surface area contributed by atoms with Gasteiger partial charge in [0.05, 0.1) is 23.2 Å². The minimum atomic E-state index is -3.18. The Morgan fingerprint density at radius 1 is 1.11 bits per heavy atom. The third-order valence-corrected chi connectivity index (χ3v) is 11.0. The number of rotatable bonds is 5. The fourth-order valence-corrected chi connectivity index (χ4v) is 8.11. The van der Waals surface area contributed by atoms with Crippen LogP contribution in [0.3, 0.4) is 0 Å². The van der Waals surface area contributed by atoms with E-state index in [4.69, 9.17) is 4.74 Å². The lowest BCUT2D eigenvalue weighted by atomic mass is 9.82. The summed E-state index contributed by atoms with van der Waals surface area (Å²) in [5.74, 6) is -0.899. The number of amides is 2. The average molecular weight is 555 g/mol. The van der Waals surface area contributed by atoms with Gasteiger partial charge in [-0.15, -0.1) is 11.3 Å². The number of hydrogen-bond acceptors (Lipinski definition) is 7. The Kier molecular flexibility index (Phi) is 7.95. The molecular weight excluding hydrogens is 516 g/mol. The normalized spacial score (nSPS) is 27.7. The second-order valence-corrected chi connectivity index (χ2v) is 15.1. The number of sulfone groups is 1. The number of hydrogen-bond donors (Lipinski definition) is 1. The lowest BCUT2D eigenvalue weighted by Gasteiger charge is -2.34. The second-order valence-electron chi connectivity index (χ2n) is 11.8. The van der Waals surface area contributed by atoms with E-state index in [1.54, 1.807) is 4.90 Å².